The van der Waals surface area contributed by atoms with Crippen molar-refractivity contribution in [2.75, 3.05) is 5.01 Å². The van der Waals surface area contributed by atoms with Gasteiger partial charge in [0.25, 0.3) is 5.91 Å². The SMILES string of the molecule is CC1=NN(c2ccc(S(=O)O)cc2)C(=O)C1N. The van der Waals surface area contributed by atoms with Gasteiger partial charge in [-0.2, -0.15) is 10.1 Å². The summed E-state index contributed by atoms with van der Waals surface area (Å²) < 4.78 is 19.6. The highest BCUT2D eigenvalue weighted by Gasteiger charge is 2.31. The third-order valence-electron chi connectivity index (χ3n) is 2.47. The smallest absolute Gasteiger partial charge is 0.270 e. The van der Waals surface area contributed by atoms with Crippen LogP contribution in [-0.2, 0) is 15.9 Å². The molecular formula is C10H11N3O3S. The van der Waals surface area contributed by atoms with E-state index in [2.05, 4.69) is 5.10 Å². The van der Waals surface area contributed by atoms with E-state index in [9.17, 15) is 9.00 Å². The van der Waals surface area contributed by atoms with Crippen LogP contribution in [0, 0.1) is 0 Å². The molecule has 0 aromatic heterocycles. The summed E-state index contributed by atoms with van der Waals surface area (Å²) in [4.78, 5) is 12.0. The van der Waals surface area contributed by atoms with E-state index in [1.165, 1.54) is 17.1 Å². The van der Waals surface area contributed by atoms with E-state index in [1.54, 1.807) is 19.1 Å². The molecule has 0 aliphatic carbocycles. The van der Waals surface area contributed by atoms with Crippen LogP contribution in [0.4, 0.5) is 5.69 Å². The number of anilines is 1. The molecule has 1 amide bonds. The Morgan fingerprint density at radius 2 is 2.00 bits per heavy atom. The van der Waals surface area contributed by atoms with E-state index < -0.39 is 17.1 Å². The molecule has 1 aromatic carbocycles. The highest BCUT2D eigenvalue weighted by atomic mass is 32.2. The first-order valence-electron chi connectivity index (χ1n) is 4.86. The van der Waals surface area contributed by atoms with Crippen molar-refractivity contribution >= 4 is 28.4 Å². The second-order valence-corrected chi connectivity index (χ2v) is 4.58. The number of nitrogens with two attached hydrogens (primary N) is 1. The summed E-state index contributed by atoms with van der Waals surface area (Å²) in [5.41, 5.74) is 6.69. The minimum Gasteiger partial charge on any atom is -0.315 e. The van der Waals surface area contributed by atoms with Gasteiger partial charge >= 0.3 is 0 Å². The van der Waals surface area contributed by atoms with Crippen molar-refractivity contribution in [2.24, 2.45) is 10.8 Å². The first kappa shape index (κ1) is 11.9. The summed E-state index contributed by atoms with van der Waals surface area (Å²) in [5, 5.41) is 5.23. The van der Waals surface area contributed by atoms with Gasteiger partial charge in [-0.1, -0.05) is 0 Å². The number of rotatable bonds is 2. The number of hydrogen-bond acceptors (Lipinski definition) is 4. The predicted octanol–water partition coefficient (Wildman–Crippen LogP) is 0.317. The highest BCUT2D eigenvalue weighted by molar-refractivity contribution is 7.79. The Kier molecular flexibility index (Phi) is 3.05. The van der Waals surface area contributed by atoms with Crippen molar-refractivity contribution in [3.05, 3.63) is 24.3 Å². The van der Waals surface area contributed by atoms with Crippen LogP contribution in [0.15, 0.2) is 34.3 Å². The summed E-state index contributed by atoms with van der Waals surface area (Å²) in [7, 11) is 0. The van der Waals surface area contributed by atoms with Crippen LogP contribution < -0.4 is 10.7 Å². The molecule has 1 aromatic rings. The van der Waals surface area contributed by atoms with Gasteiger partial charge in [0.05, 0.1) is 16.3 Å². The Labute approximate surface area is 100 Å². The minimum absolute atomic E-state index is 0.269. The van der Waals surface area contributed by atoms with E-state index >= 15 is 0 Å². The fourth-order valence-electron chi connectivity index (χ4n) is 1.47. The lowest BCUT2D eigenvalue weighted by atomic mass is 10.2. The molecule has 0 radical (unpaired) electrons. The van der Waals surface area contributed by atoms with Gasteiger partial charge in [-0.25, -0.2) is 4.21 Å². The van der Waals surface area contributed by atoms with Crippen LogP contribution >= 0.6 is 0 Å². The second kappa shape index (κ2) is 4.36. The first-order valence-corrected chi connectivity index (χ1v) is 5.97. The van der Waals surface area contributed by atoms with Gasteiger partial charge in [0, 0.05) is 0 Å². The molecule has 0 saturated carbocycles. The standard InChI is InChI=1S/C10H11N3O3S/c1-6-9(11)10(14)13(12-6)7-2-4-8(5-3-7)17(15)16/h2-5,9H,11H2,1H3,(H,15,16). The quantitative estimate of drug-likeness (QED) is 0.742. The fraction of sp³-hybridized carbons (Fsp3) is 0.200. The second-order valence-electron chi connectivity index (χ2n) is 3.61. The van der Waals surface area contributed by atoms with Gasteiger partial charge in [0.2, 0.25) is 0 Å². The Bertz CT molecular complexity index is 512. The first-order chi connectivity index (χ1) is 8.00. The third kappa shape index (κ3) is 2.12. The van der Waals surface area contributed by atoms with E-state index in [1.807, 2.05) is 0 Å². The summed E-state index contributed by atoms with van der Waals surface area (Å²) in [5.74, 6) is -0.305. The molecule has 6 nitrogen and oxygen atoms in total. The van der Waals surface area contributed by atoms with Crippen molar-refractivity contribution in [1.82, 2.24) is 0 Å². The van der Waals surface area contributed by atoms with Gasteiger partial charge < -0.3 is 10.3 Å². The van der Waals surface area contributed by atoms with Crippen molar-refractivity contribution in [3.63, 3.8) is 0 Å². The van der Waals surface area contributed by atoms with Crippen LogP contribution in [-0.4, -0.2) is 26.4 Å². The van der Waals surface area contributed by atoms with Crippen molar-refractivity contribution < 1.29 is 13.6 Å². The molecule has 7 heteroatoms. The molecule has 17 heavy (non-hydrogen) atoms. The summed E-state index contributed by atoms with van der Waals surface area (Å²) in [6, 6.07) is 5.33. The fourth-order valence-corrected chi connectivity index (χ4v) is 1.84. The Balaban J connectivity index is 2.30. The third-order valence-corrected chi connectivity index (χ3v) is 3.14. The number of hydrazone groups is 1. The number of benzene rings is 1. The van der Waals surface area contributed by atoms with Crippen LogP contribution in [0.1, 0.15) is 6.92 Å². The minimum atomic E-state index is -2.03. The zero-order chi connectivity index (χ0) is 12.6. The molecule has 3 N–H and O–H groups in total. The molecule has 2 unspecified atom stereocenters. The Morgan fingerprint density at radius 3 is 2.41 bits per heavy atom. The summed E-state index contributed by atoms with van der Waals surface area (Å²) >= 11 is -2.03. The van der Waals surface area contributed by atoms with Crippen LogP contribution in [0.3, 0.4) is 0 Å². The average molecular weight is 253 g/mol. The zero-order valence-electron chi connectivity index (χ0n) is 9.03. The van der Waals surface area contributed by atoms with Gasteiger partial charge in [-0.3, -0.25) is 4.79 Å². The van der Waals surface area contributed by atoms with Gasteiger partial charge in [0.1, 0.15) is 6.04 Å². The Morgan fingerprint density at radius 1 is 1.41 bits per heavy atom. The topological polar surface area (TPSA) is 96.0 Å². The van der Waals surface area contributed by atoms with E-state index in [-0.39, 0.29) is 10.8 Å². The molecule has 0 spiro atoms. The molecule has 2 atom stereocenters. The lowest BCUT2D eigenvalue weighted by Gasteiger charge is -2.12. The number of nitrogens with zero attached hydrogens (tertiary/aromatic N) is 2. The molecule has 0 fully saturated rings. The molecule has 0 bridgehead atoms. The number of amides is 1. The molecule has 1 aliphatic rings. The van der Waals surface area contributed by atoms with Crippen LogP contribution in [0.5, 0.6) is 0 Å². The lowest BCUT2D eigenvalue weighted by Crippen LogP contribution is -2.38. The molecular weight excluding hydrogens is 242 g/mol. The monoisotopic (exact) mass is 253 g/mol. The van der Waals surface area contributed by atoms with Crippen molar-refractivity contribution in [1.29, 1.82) is 0 Å². The average Bonchev–Trinajstić information content (AvgIpc) is 2.57. The van der Waals surface area contributed by atoms with E-state index in [4.69, 9.17) is 10.3 Å². The zero-order valence-corrected chi connectivity index (χ0v) is 9.85. The van der Waals surface area contributed by atoms with Gasteiger partial charge in [0.15, 0.2) is 11.1 Å². The van der Waals surface area contributed by atoms with E-state index in [0.717, 1.165) is 0 Å². The van der Waals surface area contributed by atoms with E-state index in [0.29, 0.717) is 11.4 Å². The maximum absolute atomic E-state index is 11.7. The van der Waals surface area contributed by atoms with Gasteiger partial charge in [-0.15, -0.1) is 0 Å². The number of hydrogen-bond donors (Lipinski definition) is 2. The lowest BCUT2D eigenvalue weighted by molar-refractivity contribution is -0.117. The molecule has 0 saturated heterocycles. The predicted molar refractivity (Wildman–Crippen MR) is 64.0 cm³/mol. The number of carbonyl (C=O) groups is 1. The van der Waals surface area contributed by atoms with Crippen LogP contribution in [0.2, 0.25) is 0 Å². The molecule has 90 valence electrons. The summed E-state index contributed by atoms with van der Waals surface area (Å²) in [6.45, 7) is 1.68. The highest BCUT2D eigenvalue weighted by Crippen LogP contribution is 2.21. The summed E-state index contributed by atoms with van der Waals surface area (Å²) in [6.07, 6.45) is 0. The van der Waals surface area contributed by atoms with Crippen molar-refractivity contribution in [3.8, 4) is 0 Å². The molecule has 2 rings (SSSR count). The molecule has 1 heterocycles. The maximum Gasteiger partial charge on any atom is 0.270 e. The normalized spacial score (nSPS) is 21.6. The largest absolute Gasteiger partial charge is 0.315 e. The maximum atomic E-state index is 11.7. The van der Waals surface area contributed by atoms with Crippen molar-refractivity contribution in [2.45, 2.75) is 17.9 Å². The van der Waals surface area contributed by atoms with Crippen LogP contribution in [0.25, 0.3) is 0 Å². The Hall–Kier alpha value is -1.57. The molecule has 1 aliphatic heterocycles. The number of carbonyl (C=O) groups excluding carboxylic acids is 1. The van der Waals surface area contributed by atoms with Gasteiger partial charge in [-0.05, 0) is 31.2 Å².